The van der Waals surface area contributed by atoms with Crippen LogP contribution in [-0.2, 0) is 11.2 Å². The van der Waals surface area contributed by atoms with Crippen molar-refractivity contribution < 1.29 is 19.4 Å². The van der Waals surface area contributed by atoms with Crippen LogP contribution in [0.2, 0.25) is 0 Å². The number of carboxylic acid groups (broad SMARTS) is 1. The largest absolute Gasteiger partial charge is 0.481 e. The van der Waals surface area contributed by atoms with Crippen LogP contribution < -0.4 is 9.47 Å². The molecular formula is C11H11BrO4. The van der Waals surface area contributed by atoms with Gasteiger partial charge in [-0.3, -0.25) is 4.79 Å². The monoisotopic (exact) mass is 286 g/mol. The van der Waals surface area contributed by atoms with E-state index < -0.39 is 5.97 Å². The first-order valence-electron chi connectivity index (χ1n) is 4.96. The Morgan fingerprint density at radius 3 is 3.00 bits per heavy atom. The number of hydrogen-bond donors (Lipinski definition) is 1. The maximum atomic E-state index is 10.4. The fourth-order valence-electron chi connectivity index (χ4n) is 1.61. The molecule has 1 aliphatic rings. The maximum absolute atomic E-state index is 10.4. The van der Waals surface area contributed by atoms with Crippen molar-refractivity contribution in [3.63, 3.8) is 0 Å². The van der Waals surface area contributed by atoms with E-state index in [1.807, 2.05) is 12.1 Å². The summed E-state index contributed by atoms with van der Waals surface area (Å²) in [6.07, 6.45) is 1.54. The lowest BCUT2D eigenvalue weighted by Gasteiger charge is -2.04. The Hall–Kier alpha value is -1.23. The fraction of sp³-hybridized carbons (Fsp3) is 0.364. The van der Waals surface area contributed by atoms with Crippen LogP contribution in [0.5, 0.6) is 11.5 Å². The number of aryl methyl sites for hydroxylation is 1. The van der Waals surface area contributed by atoms with Crippen molar-refractivity contribution in [2.24, 2.45) is 0 Å². The molecule has 4 nitrogen and oxygen atoms in total. The molecule has 5 heteroatoms. The lowest BCUT2D eigenvalue weighted by atomic mass is 10.1. The smallest absolute Gasteiger partial charge is 0.303 e. The SMILES string of the molecule is O=C(O)CCCc1cc(Br)c2c(c1)OCO2. The average molecular weight is 287 g/mol. The topological polar surface area (TPSA) is 55.8 Å². The number of carboxylic acids is 1. The van der Waals surface area contributed by atoms with Gasteiger partial charge in [0, 0.05) is 6.42 Å². The minimum Gasteiger partial charge on any atom is -0.481 e. The second-order valence-electron chi connectivity index (χ2n) is 3.56. The van der Waals surface area contributed by atoms with E-state index in [1.165, 1.54) is 0 Å². The molecule has 16 heavy (non-hydrogen) atoms. The highest BCUT2D eigenvalue weighted by atomic mass is 79.9. The number of carbonyl (C=O) groups is 1. The normalized spacial score (nSPS) is 12.8. The third-order valence-corrected chi connectivity index (χ3v) is 2.93. The summed E-state index contributed by atoms with van der Waals surface area (Å²) in [4.78, 5) is 10.4. The first-order valence-corrected chi connectivity index (χ1v) is 5.76. The molecule has 1 aromatic carbocycles. The first-order chi connectivity index (χ1) is 7.66. The highest BCUT2D eigenvalue weighted by Crippen LogP contribution is 2.40. The van der Waals surface area contributed by atoms with E-state index in [4.69, 9.17) is 14.6 Å². The molecule has 1 aromatic rings. The van der Waals surface area contributed by atoms with Gasteiger partial charge in [-0.15, -0.1) is 0 Å². The molecule has 0 bridgehead atoms. The van der Waals surface area contributed by atoms with Crippen molar-refractivity contribution in [1.82, 2.24) is 0 Å². The third kappa shape index (κ3) is 2.47. The lowest BCUT2D eigenvalue weighted by Crippen LogP contribution is -1.96. The molecule has 0 aliphatic carbocycles. The summed E-state index contributed by atoms with van der Waals surface area (Å²) in [6.45, 7) is 0.243. The standard InChI is InChI=1S/C11H11BrO4/c12-8-4-7(2-1-3-10(13)14)5-9-11(8)16-6-15-9/h4-5H,1-3,6H2,(H,13,14). The molecule has 1 N–H and O–H groups in total. The molecule has 0 aromatic heterocycles. The second-order valence-corrected chi connectivity index (χ2v) is 4.41. The van der Waals surface area contributed by atoms with Crippen LogP contribution in [0.25, 0.3) is 0 Å². The van der Waals surface area contributed by atoms with Crippen molar-refractivity contribution in [1.29, 1.82) is 0 Å². The molecule has 0 spiro atoms. The summed E-state index contributed by atoms with van der Waals surface area (Å²) < 4.78 is 11.4. The molecule has 1 aliphatic heterocycles. The van der Waals surface area contributed by atoms with Crippen LogP contribution in [0, 0.1) is 0 Å². The van der Waals surface area contributed by atoms with Gasteiger partial charge in [-0.05, 0) is 46.5 Å². The van der Waals surface area contributed by atoms with Gasteiger partial charge >= 0.3 is 5.97 Å². The second kappa shape index (κ2) is 4.74. The molecule has 2 rings (SSSR count). The number of aliphatic carboxylic acids is 1. The van der Waals surface area contributed by atoms with Crippen LogP contribution in [0.15, 0.2) is 16.6 Å². The van der Waals surface area contributed by atoms with Gasteiger partial charge < -0.3 is 14.6 Å². The fourth-order valence-corrected chi connectivity index (χ4v) is 2.21. The molecular weight excluding hydrogens is 276 g/mol. The van der Waals surface area contributed by atoms with E-state index in [-0.39, 0.29) is 13.2 Å². The molecule has 0 atom stereocenters. The van der Waals surface area contributed by atoms with Crippen LogP contribution in [0.3, 0.4) is 0 Å². The van der Waals surface area contributed by atoms with E-state index >= 15 is 0 Å². The summed E-state index contributed by atoms with van der Waals surface area (Å²) in [6, 6.07) is 3.84. The van der Waals surface area contributed by atoms with Crippen LogP contribution in [0.1, 0.15) is 18.4 Å². The number of rotatable bonds is 4. The van der Waals surface area contributed by atoms with Crippen LogP contribution >= 0.6 is 15.9 Å². The Kier molecular flexibility index (Phi) is 3.33. The third-order valence-electron chi connectivity index (χ3n) is 2.34. The molecule has 86 valence electrons. The highest BCUT2D eigenvalue weighted by Gasteiger charge is 2.17. The van der Waals surface area contributed by atoms with Gasteiger partial charge in [0.25, 0.3) is 0 Å². The van der Waals surface area contributed by atoms with Gasteiger partial charge in [0.05, 0.1) is 4.47 Å². The van der Waals surface area contributed by atoms with E-state index in [2.05, 4.69) is 15.9 Å². The summed E-state index contributed by atoms with van der Waals surface area (Å²) >= 11 is 3.40. The van der Waals surface area contributed by atoms with Crippen molar-refractivity contribution in [3.8, 4) is 11.5 Å². The van der Waals surface area contributed by atoms with Crippen molar-refractivity contribution in [2.75, 3.05) is 6.79 Å². The van der Waals surface area contributed by atoms with Gasteiger partial charge in [0.15, 0.2) is 11.5 Å². The van der Waals surface area contributed by atoms with Gasteiger partial charge in [-0.2, -0.15) is 0 Å². The average Bonchev–Trinajstić information content (AvgIpc) is 2.65. The zero-order valence-corrected chi connectivity index (χ0v) is 10.1. The molecule has 1 heterocycles. The minimum absolute atomic E-state index is 0.187. The summed E-state index contributed by atoms with van der Waals surface area (Å²) in [7, 11) is 0. The molecule has 0 unspecified atom stereocenters. The van der Waals surface area contributed by atoms with E-state index in [1.54, 1.807) is 0 Å². The van der Waals surface area contributed by atoms with Gasteiger partial charge in [-0.25, -0.2) is 0 Å². The maximum Gasteiger partial charge on any atom is 0.303 e. The zero-order chi connectivity index (χ0) is 11.5. The van der Waals surface area contributed by atoms with E-state index in [9.17, 15) is 4.79 Å². The van der Waals surface area contributed by atoms with Gasteiger partial charge in [-0.1, -0.05) is 0 Å². The van der Waals surface area contributed by atoms with Crippen molar-refractivity contribution in [2.45, 2.75) is 19.3 Å². The van der Waals surface area contributed by atoms with Crippen LogP contribution in [-0.4, -0.2) is 17.9 Å². The number of halogens is 1. The number of fused-ring (bicyclic) bond motifs is 1. The van der Waals surface area contributed by atoms with Crippen LogP contribution in [0.4, 0.5) is 0 Å². The zero-order valence-electron chi connectivity index (χ0n) is 8.53. The predicted molar refractivity (Wildman–Crippen MR) is 60.8 cm³/mol. The molecule has 0 amide bonds. The number of hydrogen-bond acceptors (Lipinski definition) is 3. The predicted octanol–water partition coefficient (Wildman–Crippen LogP) is 2.59. The Labute approximate surface area is 101 Å². The molecule has 0 radical (unpaired) electrons. The highest BCUT2D eigenvalue weighted by molar-refractivity contribution is 9.10. The van der Waals surface area contributed by atoms with Gasteiger partial charge in [0.2, 0.25) is 6.79 Å². The molecule has 0 saturated heterocycles. The summed E-state index contributed by atoms with van der Waals surface area (Å²) in [5, 5.41) is 8.55. The quantitative estimate of drug-likeness (QED) is 0.924. The first kappa shape index (κ1) is 11.3. The van der Waals surface area contributed by atoms with Crippen molar-refractivity contribution in [3.05, 3.63) is 22.2 Å². The number of benzene rings is 1. The lowest BCUT2D eigenvalue weighted by molar-refractivity contribution is -0.137. The summed E-state index contributed by atoms with van der Waals surface area (Å²) in [5.74, 6) is 0.682. The Morgan fingerprint density at radius 2 is 2.25 bits per heavy atom. The minimum atomic E-state index is -0.764. The molecule has 0 saturated carbocycles. The Morgan fingerprint density at radius 1 is 1.44 bits per heavy atom. The Bertz CT molecular complexity index is 417. The molecule has 0 fully saturated rings. The van der Waals surface area contributed by atoms with Crippen molar-refractivity contribution >= 4 is 21.9 Å². The summed E-state index contributed by atoms with van der Waals surface area (Å²) in [5.41, 5.74) is 1.05. The van der Waals surface area contributed by atoms with Gasteiger partial charge in [0.1, 0.15) is 0 Å². The number of ether oxygens (including phenoxy) is 2. The van der Waals surface area contributed by atoms with E-state index in [0.29, 0.717) is 6.42 Å². The van der Waals surface area contributed by atoms with E-state index in [0.717, 1.165) is 28.0 Å². The Balaban J connectivity index is 2.05.